The second kappa shape index (κ2) is 5.01. The maximum atomic E-state index is 12.8. The van der Waals surface area contributed by atoms with E-state index in [4.69, 9.17) is 11.6 Å². The lowest BCUT2D eigenvalue weighted by Gasteiger charge is -2.06. The van der Waals surface area contributed by atoms with Crippen molar-refractivity contribution in [2.75, 3.05) is 5.32 Å². The first-order chi connectivity index (χ1) is 8.56. The molecule has 0 spiro atoms. The highest BCUT2D eigenvalue weighted by Crippen LogP contribution is 2.22. The summed E-state index contributed by atoms with van der Waals surface area (Å²) in [7, 11) is 0. The Bertz CT molecular complexity index is 604. The van der Waals surface area contributed by atoms with Crippen molar-refractivity contribution >= 4 is 23.3 Å². The fraction of sp³-hybridized carbons (Fsp3) is 0. The standard InChI is InChI=1S/C12H8ClFN2O2/c13-7-4-5-9(17)8(6-7)12(18)16-11-3-1-2-10(14)15-11/h1-6,17H,(H,15,16,18). The number of aromatic nitrogens is 1. The summed E-state index contributed by atoms with van der Waals surface area (Å²) in [6.07, 6.45) is 0. The van der Waals surface area contributed by atoms with E-state index in [1.165, 1.54) is 30.3 Å². The molecule has 0 saturated carbocycles. The van der Waals surface area contributed by atoms with Crippen LogP contribution in [0, 0.1) is 5.95 Å². The lowest BCUT2D eigenvalue weighted by molar-refractivity contribution is 0.102. The minimum absolute atomic E-state index is 0.00596. The third kappa shape index (κ3) is 2.75. The topological polar surface area (TPSA) is 62.2 Å². The van der Waals surface area contributed by atoms with Crippen LogP contribution >= 0.6 is 11.6 Å². The number of phenols is 1. The highest BCUT2D eigenvalue weighted by atomic mass is 35.5. The van der Waals surface area contributed by atoms with Crippen molar-refractivity contribution in [1.82, 2.24) is 4.98 Å². The molecule has 0 saturated heterocycles. The van der Waals surface area contributed by atoms with Gasteiger partial charge < -0.3 is 10.4 Å². The zero-order valence-corrected chi connectivity index (χ0v) is 9.78. The highest BCUT2D eigenvalue weighted by Gasteiger charge is 2.12. The highest BCUT2D eigenvalue weighted by molar-refractivity contribution is 6.31. The molecule has 1 heterocycles. The summed E-state index contributed by atoms with van der Waals surface area (Å²) in [5.74, 6) is -1.48. The number of nitrogens with one attached hydrogen (secondary N) is 1. The number of pyridine rings is 1. The third-order valence-corrected chi connectivity index (χ3v) is 2.40. The Morgan fingerprint density at radius 3 is 2.83 bits per heavy atom. The van der Waals surface area contributed by atoms with Crippen LogP contribution in [0.25, 0.3) is 0 Å². The first kappa shape index (κ1) is 12.3. The molecule has 18 heavy (non-hydrogen) atoms. The van der Waals surface area contributed by atoms with E-state index < -0.39 is 11.9 Å². The van der Waals surface area contributed by atoms with Crippen molar-refractivity contribution in [3.8, 4) is 5.75 Å². The van der Waals surface area contributed by atoms with Crippen LogP contribution in [0.4, 0.5) is 10.2 Å². The van der Waals surface area contributed by atoms with Crippen LogP contribution in [0.3, 0.4) is 0 Å². The molecule has 2 N–H and O–H groups in total. The molecule has 0 fully saturated rings. The predicted molar refractivity (Wildman–Crippen MR) is 65.3 cm³/mol. The van der Waals surface area contributed by atoms with E-state index >= 15 is 0 Å². The molecule has 1 amide bonds. The van der Waals surface area contributed by atoms with Gasteiger partial charge in [-0.2, -0.15) is 4.39 Å². The Balaban J connectivity index is 2.24. The first-order valence-corrected chi connectivity index (χ1v) is 5.36. The zero-order chi connectivity index (χ0) is 13.1. The Hall–Kier alpha value is -2.14. The molecule has 0 radical (unpaired) electrons. The van der Waals surface area contributed by atoms with Crippen molar-refractivity contribution in [1.29, 1.82) is 0 Å². The van der Waals surface area contributed by atoms with Crippen molar-refractivity contribution in [2.24, 2.45) is 0 Å². The van der Waals surface area contributed by atoms with Gasteiger partial charge in [0.1, 0.15) is 11.6 Å². The van der Waals surface area contributed by atoms with E-state index in [2.05, 4.69) is 10.3 Å². The van der Waals surface area contributed by atoms with Gasteiger partial charge in [-0.25, -0.2) is 4.98 Å². The molecule has 0 aliphatic heterocycles. The molecule has 0 aliphatic carbocycles. The van der Waals surface area contributed by atoms with Crippen molar-refractivity contribution in [3.63, 3.8) is 0 Å². The number of hydrogen-bond acceptors (Lipinski definition) is 3. The molecule has 0 bridgehead atoms. The fourth-order valence-corrected chi connectivity index (χ4v) is 1.52. The minimum Gasteiger partial charge on any atom is -0.507 e. The molecular formula is C12H8ClFN2O2. The summed E-state index contributed by atoms with van der Waals surface area (Å²) in [5, 5.41) is 12.2. The quantitative estimate of drug-likeness (QED) is 0.822. The van der Waals surface area contributed by atoms with E-state index in [1.807, 2.05) is 0 Å². The average molecular weight is 267 g/mol. The molecule has 0 aliphatic rings. The fourth-order valence-electron chi connectivity index (χ4n) is 1.35. The van der Waals surface area contributed by atoms with Crippen LogP contribution < -0.4 is 5.32 Å². The van der Waals surface area contributed by atoms with Crippen molar-refractivity contribution < 1.29 is 14.3 Å². The van der Waals surface area contributed by atoms with Gasteiger partial charge in [0.05, 0.1) is 5.56 Å². The number of rotatable bonds is 2. The largest absolute Gasteiger partial charge is 0.507 e. The number of amides is 1. The first-order valence-electron chi connectivity index (χ1n) is 4.98. The van der Waals surface area contributed by atoms with Crippen LogP contribution in [0.2, 0.25) is 5.02 Å². The number of aromatic hydroxyl groups is 1. The Morgan fingerprint density at radius 1 is 1.33 bits per heavy atom. The normalized spacial score (nSPS) is 10.1. The number of hydrogen-bond donors (Lipinski definition) is 2. The molecule has 0 unspecified atom stereocenters. The lowest BCUT2D eigenvalue weighted by atomic mass is 10.2. The molecule has 2 aromatic rings. The van der Waals surface area contributed by atoms with E-state index in [0.29, 0.717) is 5.02 Å². The molecule has 2 rings (SSSR count). The van der Waals surface area contributed by atoms with Crippen LogP contribution in [0.15, 0.2) is 36.4 Å². The van der Waals surface area contributed by atoms with E-state index in [1.54, 1.807) is 0 Å². The third-order valence-electron chi connectivity index (χ3n) is 2.16. The Labute approximate surface area is 107 Å². The molecule has 1 aromatic carbocycles. The summed E-state index contributed by atoms with van der Waals surface area (Å²) in [6, 6.07) is 8.07. The number of anilines is 1. The van der Waals surface area contributed by atoms with Gasteiger partial charge in [0.25, 0.3) is 5.91 Å². The van der Waals surface area contributed by atoms with Crippen molar-refractivity contribution in [2.45, 2.75) is 0 Å². The summed E-state index contributed by atoms with van der Waals surface area (Å²) < 4.78 is 12.8. The maximum Gasteiger partial charge on any atom is 0.260 e. The van der Waals surface area contributed by atoms with Gasteiger partial charge in [-0.15, -0.1) is 0 Å². The average Bonchev–Trinajstić information content (AvgIpc) is 2.32. The molecular weight excluding hydrogens is 259 g/mol. The molecule has 0 atom stereocenters. The second-order valence-electron chi connectivity index (χ2n) is 3.46. The number of phenolic OH excluding ortho intramolecular Hbond substituents is 1. The van der Waals surface area contributed by atoms with E-state index in [0.717, 1.165) is 6.07 Å². The summed E-state index contributed by atoms with van der Waals surface area (Å²) in [4.78, 5) is 15.3. The van der Waals surface area contributed by atoms with Gasteiger partial charge in [-0.3, -0.25) is 4.79 Å². The molecule has 4 nitrogen and oxygen atoms in total. The predicted octanol–water partition coefficient (Wildman–Crippen LogP) is 2.83. The SMILES string of the molecule is O=C(Nc1cccc(F)n1)c1cc(Cl)ccc1O. The summed E-state index contributed by atoms with van der Waals surface area (Å²) in [5.41, 5.74) is -0.00596. The zero-order valence-electron chi connectivity index (χ0n) is 9.02. The summed E-state index contributed by atoms with van der Waals surface area (Å²) >= 11 is 5.72. The van der Waals surface area contributed by atoms with Gasteiger partial charge in [-0.1, -0.05) is 17.7 Å². The Kier molecular flexibility index (Phi) is 3.43. The van der Waals surface area contributed by atoms with Gasteiger partial charge >= 0.3 is 0 Å². The second-order valence-corrected chi connectivity index (χ2v) is 3.90. The lowest BCUT2D eigenvalue weighted by Crippen LogP contribution is -2.13. The van der Waals surface area contributed by atoms with E-state index in [9.17, 15) is 14.3 Å². The smallest absolute Gasteiger partial charge is 0.260 e. The number of carbonyl (C=O) groups excluding carboxylic acids is 1. The maximum absolute atomic E-state index is 12.8. The van der Waals surface area contributed by atoms with Crippen LogP contribution in [0.5, 0.6) is 5.75 Å². The monoisotopic (exact) mass is 266 g/mol. The van der Waals surface area contributed by atoms with Crippen LogP contribution in [0.1, 0.15) is 10.4 Å². The van der Waals surface area contributed by atoms with Crippen molar-refractivity contribution in [3.05, 3.63) is 52.9 Å². The summed E-state index contributed by atoms with van der Waals surface area (Å²) in [6.45, 7) is 0. The number of benzene rings is 1. The molecule has 1 aromatic heterocycles. The number of halogens is 2. The number of carbonyl (C=O) groups is 1. The van der Waals surface area contributed by atoms with Crippen LogP contribution in [-0.2, 0) is 0 Å². The minimum atomic E-state index is -0.705. The van der Waals surface area contributed by atoms with Crippen LogP contribution in [-0.4, -0.2) is 16.0 Å². The van der Waals surface area contributed by atoms with Gasteiger partial charge in [0.2, 0.25) is 5.95 Å². The molecule has 92 valence electrons. The Morgan fingerprint density at radius 2 is 2.11 bits per heavy atom. The van der Waals surface area contributed by atoms with Gasteiger partial charge in [0, 0.05) is 5.02 Å². The molecule has 6 heteroatoms. The number of nitrogens with zero attached hydrogens (tertiary/aromatic N) is 1. The van der Waals surface area contributed by atoms with Gasteiger partial charge in [0.15, 0.2) is 0 Å². The van der Waals surface area contributed by atoms with E-state index in [-0.39, 0.29) is 17.1 Å². The van der Waals surface area contributed by atoms with Gasteiger partial charge in [-0.05, 0) is 30.3 Å².